The Morgan fingerprint density at radius 3 is 1.94 bits per heavy atom. The van der Waals surface area contributed by atoms with E-state index in [9.17, 15) is 0 Å². The highest BCUT2D eigenvalue weighted by Gasteiger charge is 2.01. The summed E-state index contributed by atoms with van der Waals surface area (Å²) in [5.41, 5.74) is 6.25. The third kappa shape index (κ3) is 3.61. The van der Waals surface area contributed by atoms with Crippen LogP contribution in [0.15, 0.2) is 36.4 Å². The van der Waals surface area contributed by atoms with Gasteiger partial charge in [0.05, 0.1) is 0 Å². The molecule has 0 nitrogen and oxygen atoms in total. The van der Waals surface area contributed by atoms with E-state index in [-0.39, 0.29) is 0 Å². The van der Waals surface area contributed by atoms with Crippen LogP contribution in [-0.2, 0) is 0 Å². The Kier molecular flexibility index (Phi) is 5.43. The van der Waals surface area contributed by atoms with Crippen molar-refractivity contribution in [3.8, 4) is 11.1 Å². The molecule has 0 amide bonds. The average Bonchev–Trinajstić information content (AvgIpc) is 2.34. The number of hydrogen-bond donors (Lipinski definition) is 0. The minimum absolute atomic E-state index is 0.799. The van der Waals surface area contributed by atoms with E-state index < -0.39 is 0 Å². The normalized spacial score (nSPS) is 9.67. The third-order valence-electron chi connectivity index (χ3n) is 2.88. The standard InChI is InChI=1S/C15H15Cl.C2H6/c1-10-6-14(9-15(16)7-10)13-5-4-11(2)12(3)8-13;1-2/h4-9H,1-3H3;1-2H3. The molecule has 0 aliphatic carbocycles. The minimum atomic E-state index is 0.799. The fourth-order valence-corrected chi connectivity index (χ4v) is 2.11. The third-order valence-corrected chi connectivity index (χ3v) is 3.10. The summed E-state index contributed by atoms with van der Waals surface area (Å²) < 4.78 is 0. The number of aryl methyl sites for hydroxylation is 3. The largest absolute Gasteiger partial charge is 0.0843 e. The van der Waals surface area contributed by atoms with Crippen LogP contribution in [0.3, 0.4) is 0 Å². The van der Waals surface area contributed by atoms with Gasteiger partial charge in [-0.1, -0.05) is 49.7 Å². The maximum absolute atomic E-state index is 6.07. The fraction of sp³-hybridized carbons (Fsp3) is 0.294. The lowest BCUT2D eigenvalue weighted by Gasteiger charge is -2.07. The highest BCUT2D eigenvalue weighted by Crippen LogP contribution is 2.26. The Balaban J connectivity index is 0.000000771. The van der Waals surface area contributed by atoms with Gasteiger partial charge in [-0.2, -0.15) is 0 Å². The van der Waals surface area contributed by atoms with Gasteiger partial charge in [0.2, 0.25) is 0 Å². The Labute approximate surface area is 116 Å². The van der Waals surface area contributed by atoms with Gasteiger partial charge in [-0.05, 0) is 60.7 Å². The van der Waals surface area contributed by atoms with Crippen molar-refractivity contribution in [2.24, 2.45) is 0 Å². The molecular formula is C17H21Cl. The molecule has 0 heterocycles. The number of rotatable bonds is 1. The van der Waals surface area contributed by atoms with Crippen LogP contribution in [-0.4, -0.2) is 0 Å². The van der Waals surface area contributed by atoms with Crippen LogP contribution in [0.1, 0.15) is 30.5 Å². The molecule has 0 N–H and O–H groups in total. The summed E-state index contributed by atoms with van der Waals surface area (Å²) in [4.78, 5) is 0. The van der Waals surface area contributed by atoms with E-state index in [0.29, 0.717) is 0 Å². The zero-order chi connectivity index (χ0) is 13.7. The smallest absolute Gasteiger partial charge is 0.0414 e. The van der Waals surface area contributed by atoms with Crippen molar-refractivity contribution in [2.75, 3.05) is 0 Å². The fourth-order valence-electron chi connectivity index (χ4n) is 1.82. The van der Waals surface area contributed by atoms with E-state index in [1.807, 2.05) is 26.0 Å². The molecule has 0 saturated carbocycles. The molecule has 2 rings (SSSR count). The molecule has 0 spiro atoms. The maximum Gasteiger partial charge on any atom is 0.0414 e. The molecule has 0 saturated heterocycles. The van der Waals surface area contributed by atoms with E-state index in [0.717, 1.165) is 5.02 Å². The van der Waals surface area contributed by atoms with Crippen molar-refractivity contribution in [1.82, 2.24) is 0 Å². The summed E-state index contributed by atoms with van der Waals surface area (Å²) in [5, 5.41) is 0.799. The van der Waals surface area contributed by atoms with Crippen LogP contribution in [0.25, 0.3) is 11.1 Å². The minimum Gasteiger partial charge on any atom is -0.0843 e. The van der Waals surface area contributed by atoms with Crippen molar-refractivity contribution in [1.29, 1.82) is 0 Å². The molecule has 18 heavy (non-hydrogen) atoms. The molecule has 0 atom stereocenters. The molecule has 0 aliphatic heterocycles. The first-order chi connectivity index (χ1) is 8.56. The summed E-state index contributed by atoms with van der Waals surface area (Å²) in [6.07, 6.45) is 0. The molecule has 96 valence electrons. The Bertz CT molecular complexity index is 507. The second-order valence-electron chi connectivity index (χ2n) is 4.32. The molecule has 1 heteroatoms. The predicted octanol–water partition coefficient (Wildman–Crippen LogP) is 5.96. The highest BCUT2D eigenvalue weighted by molar-refractivity contribution is 6.30. The lowest BCUT2D eigenvalue weighted by Crippen LogP contribution is -1.84. The molecule has 0 fully saturated rings. The van der Waals surface area contributed by atoms with Gasteiger partial charge >= 0.3 is 0 Å². The molecule has 0 aliphatic rings. The van der Waals surface area contributed by atoms with Crippen LogP contribution in [0, 0.1) is 20.8 Å². The second-order valence-corrected chi connectivity index (χ2v) is 4.75. The van der Waals surface area contributed by atoms with Crippen molar-refractivity contribution in [3.05, 3.63) is 58.1 Å². The first kappa shape index (κ1) is 14.8. The van der Waals surface area contributed by atoms with Crippen LogP contribution >= 0.6 is 11.6 Å². The van der Waals surface area contributed by atoms with Gasteiger partial charge in [-0.15, -0.1) is 0 Å². The van der Waals surface area contributed by atoms with Crippen LogP contribution in [0.5, 0.6) is 0 Å². The van der Waals surface area contributed by atoms with Crippen LogP contribution < -0.4 is 0 Å². The topological polar surface area (TPSA) is 0 Å². The van der Waals surface area contributed by atoms with Crippen molar-refractivity contribution >= 4 is 11.6 Å². The summed E-state index contributed by atoms with van der Waals surface area (Å²) >= 11 is 6.07. The molecule has 2 aromatic rings. The molecule has 0 aromatic heterocycles. The Morgan fingerprint density at radius 2 is 1.39 bits per heavy atom. The van der Waals surface area contributed by atoms with Gasteiger partial charge in [0.15, 0.2) is 0 Å². The van der Waals surface area contributed by atoms with E-state index in [1.165, 1.54) is 27.8 Å². The quantitative estimate of drug-likeness (QED) is 0.594. The first-order valence-corrected chi connectivity index (χ1v) is 6.79. The van der Waals surface area contributed by atoms with E-state index >= 15 is 0 Å². The van der Waals surface area contributed by atoms with Crippen LogP contribution in [0.2, 0.25) is 5.02 Å². The van der Waals surface area contributed by atoms with Gasteiger partial charge in [0, 0.05) is 5.02 Å². The zero-order valence-corrected chi connectivity index (χ0v) is 12.6. The van der Waals surface area contributed by atoms with E-state index in [2.05, 4.69) is 45.0 Å². The van der Waals surface area contributed by atoms with E-state index in [1.54, 1.807) is 0 Å². The van der Waals surface area contributed by atoms with Gasteiger partial charge in [-0.3, -0.25) is 0 Å². The molecular weight excluding hydrogens is 240 g/mol. The molecule has 0 radical (unpaired) electrons. The van der Waals surface area contributed by atoms with Gasteiger partial charge in [0.25, 0.3) is 0 Å². The zero-order valence-electron chi connectivity index (χ0n) is 11.8. The number of benzene rings is 2. The lowest BCUT2D eigenvalue weighted by atomic mass is 9.99. The molecule has 0 bridgehead atoms. The summed E-state index contributed by atoms with van der Waals surface area (Å²) in [5.74, 6) is 0. The number of hydrogen-bond acceptors (Lipinski definition) is 0. The Morgan fingerprint density at radius 1 is 0.722 bits per heavy atom. The predicted molar refractivity (Wildman–Crippen MR) is 82.4 cm³/mol. The summed E-state index contributed by atoms with van der Waals surface area (Å²) in [6, 6.07) is 12.7. The first-order valence-electron chi connectivity index (χ1n) is 6.41. The van der Waals surface area contributed by atoms with E-state index in [4.69, 9.17) is 11.6 Å². The van der Waals surface area contributed by atoms with Crippen molar-refractivity contribution in [2.45, 2.75) is 34.6 Å². The highest BCUT2D eigenvalue weighted by atomic mass is 35.5. The lowest BCUT2D eigenvalue weighted by molar-refractivity contribution is 1.34. The summed E-state index contributed by atoms with van der Waals surface area (Å²) in [7, 11) is 0. The molecule has 0 unspecified atom stereocenters. The van der Waals surface area contributed by atoms with Crippen LogP contribution in [0.4, 0.5) is 0 Å². The SMILES string of the molecule is CC.Cc1cc(Cl)cc(-c2ccc(C)c(C)c2)c1. The second kappa shape index (κ2) is 6.61. The van der Waals surface area contributed by atoms with Gasteiger partial charge in [-0.25, -0.2) is 0 Å². The monoisotopic (exact) mass is 260 g/mol. The Hall–Kier alpha value is -1.27. The maximum atomic E-state index is 6.07. The van der Waals surface area contributed by atoms with Crippen molar-refractivity contribution in [3.63, 3.8) is 0 Å². The van der Waals surface area contributed by atoms with Gasteiger partial charge in [0.1, 0.15) is 0 Å². The average molecular weight is 261 g/mol. The number of halogens is 1. The van der Waals surface area contributed by atoms with Gasteiger partial charge < -0.3 is 0 Å². The van der Waals surface area contributed by atoms with Crippen molar-refractivity contribution < 1.29 is 0 Å². The molecule has 2 aromatic carbocycles. The summed E-state index contributed by atoms with van der Waals surface area (Å²) in [6.45, 7) is 10.3.